The third-order valence-electron chi connectivity index (χ3n) is 4.59. The van der Waals surface area contributed by atoms with Crippen molar-refractivity contribution in [2.45, 2.75) is 26.0 Å². The lowest BCUT2D eigenvalue weighted by Gasteiger charge is -2.24. The Kier molecular flexibility index (Phi) is 4.57. The highest BCUT2D eigenvalue weighted by atomic mass is 16.5. The second-order valence-electron chi connectivity index (χ2n) is 6.69. The maximum Gasteiger partial charge on any atom is 0.265 e. The van der Waals surface area contributed by atoms with Crippen molar-refractivity contribution in [1.82, 2.24) is 4.98 Å². The van der Waals surface area contributed by atoms with E-state index in [1.165, 1.54) is 0 Å². The lowest BCUT2D eigenvalue weighted by atomic mass is 10.1. The first-order valence-electron chi connectivity index (χ1n) is 9.04. The molecule has 2 aromatic carbocycles. The van der Waals surface area contributed by atoms with Crippen LogP contribution in [-0.2, 0) is 9.59 Å². The highest BCUT2D eigenvalue weighted by molar-refractivity contribution is 6.03. The average Bonchev–Trinajstić information content (AvgIpc) is 2.69. The lowest BCUT2D eigenvalue weighted by Crippen LogP contribution is -2.34. The first kappa shape index (κ1) is 17.8. The molecule has 3 N–H and O–H groups in total. The number of benzene rings is 2. The summed E-state index contributed by atoms with van der Waals surface area (Å²) in [5, 5.41) is 9.78. The predicted molar refractivity (Wildman–Crippen MR) is 109 cm³/mol. The molecule has 3 aromatic rings. The largest absolute Gasteiger partial charge is 0.479 e. The van der Waals surface area contributed by atoms with Gasteiger partial charge in [-0.3, -0.25) is 14.6 Å². The fraction of sp³-hybridized carbons (Fsp3) is 0.190. The molecule has 4 rings (SSSR count). The molecule has 2 unspecified atom stereocenters. The van der Waals surface area contributed by atoms with E-state index in [0.29, 0.717) is 22.8 Å². The van der Waals surface area contributed by atoms with Crippen LogP contribution in [-0.4, -0.2) is 28.9 Å². The number of hydrogen-bond donors (Lipinski definition) is 3. The van der Waals surface area contributed by atoms with Gasteiger partial charge in [-0.05, 0) is 56.3 Å². The molecule has 7 heteroatoms. The van der Waals surface area contributed by atoms with Crippen molar-refractivity contribution < 1.29 is 14.3 Å². The molecule has 0 saturated heterocycles. The minimum Gasteiger partial charge on any atom is -0.479 e. The Hall–Kier alpha value is -3.61. The summed E-state index contributed by atoms with van der Waals surface area (Å²) in [6.07, 6.45) is 1.20. The van der Waals surface area contributed by atoms with Crippen molar-refractivity contribution >= 4 is 39.8 Å². The topological polar surface area (TPSA) is 92.4 Å². The molecule has 0 fully saturated rings. The fourth-order valence-corrected chi connectivity index (χ4v) is 3.07. The Bertz CT molecular complexity index is 1060. The highest BCUT2D eigenvalue weighted by Crippen LogP contribution is 2.32. The maximum absolute atomic E-state index is 12.7. The van der Waals surface area contributed by atoms with E-state index in [2.05, 4.69) is 20.9 Å². The Morgan fingerprint density at radius 1 is 1.21 bits per heavy atom. The van der Waals surface area contributed by atoms with Crippen LogP contribution in [0.25, 0.3) is 10.9 Å². The maximum atomic E-state index is 12.7. The fourth-order valence-electron chi connectivity index (χ4n) is 3.07. The molecule has 28 heavy (non-hydrogen) atoms. The van der Waals surface area contributed by atoms with E-state index in [9.17, 15) is 9.59 Å². The smallest absolute Gasteiger partial charge is 0.265 e. The summed E-state index contributed by atoms with van der Waals surface area (Å²) in [5.74, 6) is 0.237. The van der Waals surface area contributed by atoms with E-state index >= 15 is 0 Å². The monoisotopic (exact) mass is 376 g/mol. The molecular weight excluding hydrogens is 356 g/mol. The van der Waals surface area contributed by atoms with Crippen molar-refractivity contribution in [2.24, 2.45) is 0 Å². The minimum absolute atomic E-state index is 0.178. The molecule has 7 nitrogen and oxygen atoms in total. The van der Waals surface area contributed by atoms with Gasteiger partial charge in [-0.2, -0.15) is 0 Å². The first-order chi connectivity index (χ1) is 13.5. The number of hydrogen-bond acceptors (Lipinski definition) is 5. The summed E-state index contributed by atoms with van der Waals surface area (Å²) in [6, 6.07) is 14.2. The first-order valence-corrected chi connectivity index (χ1v) is 9.04. The van der Waals surface area contributed by atoms with Crippen LogP contribution in [0.3, 0.4) is 0 Å². The molecule has 0 saturated carbocycles. The van der Waals surface area contributed by atoms with Gasteiger partial charge in [0.2, 0.25) is 5.91 Å². The molecule has 0 aliphatic carbocycles. The summed E-state index contributed by atoms with van der Waals surface area (Å²) in [7, 11) is 0. The second kappa shape index (κ2) is 7.19. The van der Waals surface area contributed by atoms with Crippen LogP contribution < -0.4 is 20.7 Å². The van der Waals surface area contributed by atoms with Crippen molar-refractivity contribution in [2.75, 3.05) is 16.0 Å². The molecule has 2 amide bonds. The summed E-state index contributed by atoms with van der Waals surface area (Å²) >= 11 is 0. The number of ether oxygens (including phenoxy) is 1. The molecule has 1 aliphatic heterocycles. The number of fused-ring (bicyclic) bond motifs is 2. The summed E-state index contributed by atoms with van der Waals surface area (Å²) in [4.78, 5) is 28.7. The van der Waals surface area contributed by atoms with E-state index in [4.69, 9.17) is 4.74 Å². The number of pyridine rings is 1. The third kappa shape index (κ3) is 3.46. The Morgan fingerprint density at radius 2 is 2.07 bits per heavy atom. The Balaban J connectivity index is 1.48. The number of nitrogens with zero attached hydrogens (tertiary/aromatic N) is 1. The van der Waals surface area contributed by atoms with Crippen LogP contribution in [0, 0.1) is 0 Å². The highest BCUT2D eigenvalue weighted by Gasteiger charge is 2.24. The number of anilines is 3. The summed E-state index contributed by atoms with van der Waals surface area (Å²) in [6.45, 7) is 3.47. The van der Waals surface area contributed by atoms with Crippen LogP contribution in [0.4, 0.5) is 17.1 Å². The standard InChI is InChI=1S/C21H20N4O3/c1-12(20(26)24-17-7-3-6-16-15(17)5-4-10-22-16)23-14-8-9-19-18(11-14)25-21(27)13(2)28-19/h3-13,23H,1-2H3,(H,24,26)(H,25,27). The van der Waals surface area contributed by atoms with Crippen LogP contribution in [0.5, 0.6) is 5.75 Å². The molecule has 142 valence electrons. The quantitative estimate of drug-likeness (QED) is 0.649. The average molecular weight is 376 g/mol. The molecule has 0 spiro atoms. The molecule has 2 heterocycles. The molecule has 1 aromatic heterocycles. The normalized spacial score (nSPS) is 16.5. The van der Waals surface area contributed by atoms with Crippen LogP contribution in [0.15, 0.2) is 54.7 Å². The molecule has 0 bridgehead atoms. The summed E-state index contributed by atoms with van der Waals surface area (Å²) in [5.41, 5.74) is 2.82. The van der Waals surface area contributed by atoms with Gasteiger partial charge in [0.1, 0.15) is 11.8 Å². The Labute approximate surface area is 162 Å². The van der Waals surface area contributed by atoms with Crippen molar-refractivity contribution in [3.63, 3.8) is 0 Å². The molecular formula is C21H20N4O3. The van der Waals surface area contributed by atoms with E-state index in [0.717, 1.165) is 10.9 Å². The van der Waals surface area contributed by atoms with Crippen molar-refractivity contribution in [3.8, 4) is 5.75 Å². The van der Waals surface area contributed by atoms with Crippen LogP contribution >= 0.6 is 0 Å². The Morgan fingerprint density at radius 3 is 2.93 bits per heavy atom. The van der Waals surface area contributed by atoms with Gasteiger partial charge in [-0.25, -0.2) is 0 Å². The van der Waals surface area contributed by atoms with Gasteiger partial charge in [0.25, 0.3) is 5.91 Å². The van der Waals surface area contributed by atoms with Gasteiger partial charge >= 0.3 is 0 Å². The van der Waals surface area contributed by atoms with Gasteiger partial charge in [-0.15, -0.1) is 0 Å². The van der Waals surface area contributed by atoms with Gasteiger partial charge < -0.3 is 20.7 Å². The second-order valence-corrected chi connectivity index (χ2v) is 6.69. The minimum atomic E-state index is -0.522. The number of aromatic nitrogens is 1. The molecule has 0 radical (unpaired) electrons. The van der Waals surface area contributed by atoms with Gasteiger partial charge in [0.05, 0.1) is 16.9 Å². The molecule has 2 atom stereocenters. The van der Waals surface area contributed by atoms with Crippen molar-refractivity contribution in [1.29, 1.82) is 0 Å². The predicted octanol–water partition coefficient (Wildman–Crippen LogP) is 3.39. The zero-order valence-electron chi connectivity index (χ0n) is 15.5. The number of nitrogens with one attached hydrogen (secondary N) is 3. The van der Waals surface area contributed by atoms with E-state index in [-0.39, 0.29) is 11.8 Å². The van der Waals surface area contributed by atoms with Gasteiger partial charge in [0.15, 0.2) is 6.10 Å². The zero-order chi connectivity index (χ0) is 19.7. The van der Waals surface area contributed by atoms with Gasteiger partial charge in [-0.1, -0.05) is 6.07 Å². The van der Waals surface area contributed by atoms with Crippen LogP contribution in [0.1, 0.15) is 13.8 Å². The number of rotatable bonds is 4. The van der Waals surface area contributed by atoms with Crippen molar-refractivity contribution in [3.05, 3.63) is 54.7 Å². The number of carbonyl (C=O) groups excluding carboxylic acids is 2. The van der Waals surface area contributed by atoms with E-state index in [1.54, 1.807) is 32.2 Å². The SMILES string of the molecule is CC(Nc1ccc2c(c1)NC(=O)C(C)O2)C(=O)Nc1cccc2ncccc12. The number of carbonyl (C=O) groups is 2. The summed E-state index contributed by atoms with van der Waals surface area (Å²) < 4.78 is 5.55. The molecule has 1 aliphatic rings. The zero-order valence-corrected chi connectivity index (χ0v) is 15.5. The van der Waals surface area contributed by atoms with Crippen LogP contribution in [0.2, 0.25) is 0 Å². The van der Waals surface area contributed by atoms with E-state index < -0.39 is 12.1 Å². The van der Waals surface area contributed by atoms with E-state index in [1.807, 2.05) is 36.4 Å². The lowest BCUT2D eigenvalue weighted by molar-refractivity contribution is -0.122. The number of amides is 2. The third-order valence-corrected chi connectivity index (χ3v) is 4.59. The van der Waals surface area contributed by atoms with Gasteiger partial charge in [0, 0.05) is 17.3 Å².